The van der Waals surface area contributed by atoms with Crippen molar-refractivity contribution in [2.24, 2.45) is 7.05 Å². The molecule has 0 fully saturated rings. The highest BCUT2D eigenvalue weighted by molar-refractivity contribution is 7.89. The van der Waals surface area contributed by atoms with E-state index in [1.807, 2.05) is 19.9 Å². The molecule has 1 atom stereocenters. The molecule has 0 unspecified atom stereocenters. The van der Waals surface area contributed by atoms with Crippen molar-refractivity contribution in [1.82, 2.24) is 14.5 Å². The Kier molecular flexibility index (Phi) is 4.93. The number of sulfonamides is 1. The van der Waals surface area contributed by atoms with E-state index in [1.54, 1.807) is 43.0 Å². The second-order valence-electron chi connectivity index (χ2n) is 6.23. The lowest BCUT2D eigenvalue weighted by Gasteiger charge is -2.22. The van der Waals surface area contributed by atoms with Crippen LogP contribution >= 0.6 is 0 Å². The number of aliphatic hydroxyl groups is 1. The minimum atomic E-state index is -3.69. The summed E-state index contributed by atoms with van der Waals surface area (Å²) in [7, 11) is -1.95. The van der Waals surface area contributed by atoms with Crippen LogP contribution in [0.4, 0.5) is 0 Å². The molecule has 0 saturated carbocycles. The molecule has 0 spiro atoms. The van der Waals surface area contributed by atoms with Gasteiger partial charge in [-0.1, -0.05) is 26.0 Å². The van der Waals surface area contributed by atoms with Crippen molar-refractivity contribution >= 4 is 10.0 Å². The summed E-state index contributed by atoms with van der Waals surface area (Å²) >= 11 is 0. The number of rotatable bonds is 6. The van der Waals surface area contributed by atoms with Gasteiger partial charge in [-0.25, -0.2) is 13.1 Å². The quantitative estimate of drug-likeness (QED) is 0.841. The Morgan fingerprint density at radius 2 is 2.09 bits per heavy atom. The van der Waals surface area contributed by atoms with E-state index >= 15 is 0 Å². The average Bonchev–Trinajstić information content (AvgIpc) is 2.93. The molecule has 0 radical (unpaired) electrons. The molecule has 0 aliphatic heterocycles. The number of nitrogens with one attached hydrogen (secondary N) is 1. The van der Waals surface area contributed by atoms with Crippen LogP contribution in [0, 0.1) is 0 Å². The highest BCUT2D eigenvalue weighted by Crippen LogP contribution is 2.21. The number of benzene rings is 1. The van der Waals surface area contributed by atoms with Gasteiger partial charge in [0.15, 0.2) is 0 Å². The van der Waals surface area contributed by atoms with Crippen LogP contribution in [0.15, 0.2) is 41.6 Å². The van der Waals surface area contributed by atoms with Crippen LogP contribution in [0.5, 0.6) is 0 Å². The van der Waals surface area contributed by atoms with Gasteiger partial charge in [0, 0.05) is 25.4 Å². The van der Waals surface area contributed by atoms with Crippen LogP contribution < -0.4 is 4.72 Å². The van der Waals surface area contributed by atoms with Crippen LogP contribution in [0.3, 0.4) is 0 Å². The molecule has 6 nitrogen and oxygen atoms in total. The summed E-state index contributed by atoms with van der Waals surface area (Å²) in [6, 6.07) is 6.83. The molecule has 0 saturated heterocycles. The van der Waals surface area contributed by atoms with Crippen LogP contribution in [0.1, 0.15) is 37.8 Å². The van der Waals surface area contributed by atoms with E-state index in [0.29, 0.717) is 5.56 Å². The van der Waals surface area contributed by atoms with Gasteiger partial charge in [0.25, 0.3) is 0 Å². The number of hydrogen-bond donors (Lipinski definition) is 2. The number of aromatic nitrogens is 2. The third-order valence-corrected chi connectivity index (χ3v) is 5.17. The smallest absolute Gasteiger partial charge is 0.240 e. The van der Waals surface area contributed by atoms with Crippen molar-refractivity contribution in [1.29, 1.82) is 0 Å². The van der Waals surface area contributed by atoms with Crippen molar-refractivity contribution in [2.45, 2.75) is 37.2 Å². The van der Waals surface area contributed by atoms with Crippen LogP contribution in [-0.4, -0.2) is 29.8 Å². The molecule has 23 heavy (non-hydrogen) atoms. The highest BCUT2D eigenvalue weighted by Gasteiger charge is 2.27. The van der Waals surface area contributed by atoms with Crippen LogP contribution in [0.25, 0.3) is 0 Å². The molecule has 2 N–H and O–H groups in total. The van der Waals surface area contributed by atoms with E-state index < -0.39 is 15.6 Å². The van der Waals surface area contributed by atoms with Gasteiger partial charge in [-0.3, -0.25) is 4.68 Å². The van der Waals surface area contributed by atoms with Gasteiger partial charge in [-0.15, -0.1) is 0 Å². The predicted molar refractivity (Wildman–Crippen MR) is 88.5 cm³/mol. The van der Waals surface area contributed by atoms with E-state index in [9.17, 15) is 13.5 Å². The molecule has 126 valence electrons. The monoisotopic (exact) mass is 337 g/mol. The molecule has 0 bridgehead atoms. The van der Waals surface area contributed by atoms with Gasteiger partial charge >= 0.3 is 0 Å². The van der Waals surface area contributed by atoms with Crippen molar-refractivity contribution < 1.29 is 13.5 Å². The summed E-state index contributed by atoms with van der Waals surface area (Å²) in [4.78, 5) is 0.200. The standard InChI is InChI=1S/C16H23N3O3S/c1-12(2)13-6-5-7-15(8-13)23(21,22)18-11-16(3,20)14-9-17-19(4)10-14/h5-10,12,18,20H,11H2,1-4H3/t16-/m0/s1. The van der Waals surface area contributed by atoms with Crippen LogP contribution in [0.2, 0.25) is 0 Å². The summed E-state index contributed by atoms with van der Waals surface area (Å²) in [6.45, 7) is 5.43. The van der Waals surface area contributed by atoms with E-state index in [1.165, 1.54) is 6.20 Å². The summed E-state index contributed by atoms with van der Waals surface area (Å²) in [5.74, 6) is 0.239. The van der Waals surface area contributed by atoms with E-state index in [2.05, 4.69) is 9.82 Å². The second-order valence-corrected chi connectivity index (χ2v) is 8.00. The number of nitrogens with zero attached hydrogens (tertiary/aromatic N) is 2. The molecule has 1 aromatic heterocycles. The maximum absolute atomic E-state index is 12.4. The minimum absolute atomic E-state index is 0.132. The van der Waals surface area contributed by atoms with Crippen molar-refractivity contribution in [3.8, 4) is 0 Å². The van der Waals surface area contributed by atoms with Gasteiger partial charge in [0.1, 0.15) is 5.60 Å². The summed E-state index contributed by atoms with van der Waals surface area (Å²) in [5, 5.41) is 14.5. The molecule has 0 aliphatic rings. The fraction of sp³-hybridized carbons (Fsp3) is 0.438. The molecule has 2 aromatic rings. The first-order valence-electron chi connectivity index (χ1n) is 7.43. The van der Waals surface area contributed by atoms with E-state index in [4.69, 9.17) is 0 Å². The highest BCUT2D eigenvalue weighted by atomic mass is 32.2. The molecular formula is C16H23N3O3S. The van der Waals surface area contributed by atoms with Crippen molar-refractivity contribution in [3.05, 3.63) is 47.8 Å². The maximum Gasteiger partial charge on any atom is 0.240 e. The van der Waals surface area contributed by atoms with Gasteiger partial charge in [0.2, 0.25) is 10.0 Å². The fourth-order valence-electron chi connectivity index (χ4n) is 2.16. The SMILES string of the molecule is CC(C)c1cccc(S(=O)(=O)NC[C@](C)(O)c2cnn(C)c2)c1. The first kappa shape index (κ1) is 17.7. The zero-order chi connectivity index (χ0) is 17.3. The number of hydrogen-bond acceptors (Lipinski definition) is 4. The van der Waals surface area contributed by atoms with Crippen molar-refractivity contribution in [2.75, 3.05) is 6.54 Å². The summed E-state index contributed by atoms with van der Waals surface area (Å²) in [5.41, 5.74) is 0.169. The Labute approximate surface area is 137 Å². The lowest BCUT2D eigenvalue weighted by atomic mass is 10.0. The lowest BCUT2D eigenvalue weighted by molar-refractivity contribution is 0.0627. The predicted octanol–water partition coefficient (Wildman–Crippen LogP) is 1.73. The molecule has 1 aromatic carbocycles. The van der Waals surface area contributed by atoms with E-state index in [0.717, 1.165) is 5.56 Å². The zero-order valence-corrected chi connectivity index (χ0v) is 14.6. The van der Waals surface area contributed by atoms with Gasteiger partial charge in [0.05, 0.1) is 11.1 Å². The molecule has 2 rings (SSSR count). The average molecular weight is 337 g/mol. The summed E-state index contributed by atoms with van der Waals surface area (Å²) < 4.78 is 28.9. The third kappa shape index (κ3) is 4.19. The van der Waals surface area contributed by atoms with Crippen LogP contribution in [-0.2, 0) is 22.7 Å². The molecular weight excluding hydrogens is 314 g/mol. The topological polar surface area (TPSA) is 84.2 Å². The fourth-order valence-corrected chi connectivity index (χ4v) is 3.35. The molecule has 0 amide bonds. The first-order chi connectivity index (χ1) is 10.6. The molecule has 7 heteroatoms. The normalized spacial score (nSPS) is 14.9. The van der Waals surface area contributed by atoms with Gasteiger partial charge < -0.3 is 5.11 Å². The maximum atomic E-state index is 12.4. The zero-order valence-electron chi connectivity index (χ0n) is 13.8. The Balaban J connectivity index is 2.17. The lowest BCUT2D eigenvalue weighted by Crippen LogP contribution is -2.38. The Morgan fingerprint density at radius 1 is 1.39 bits per heavy atom. The molecule has 0 aliphatic carbocycles. The largest absolute Gasteiger partial charge is 0.384 e. The van der Waals surface area contributed by atoms with Crippen molar-refractivity contribution in [3.63, 3.8) is 0 Å². The van der Waals surface area contributed by atoms with Gasteiger partial charge in [-0.2, -0.15) is 5.10 Å². The minimum Gasteiger partial charge on any atom is -0.384 e. The molecule has 1 heterocycles. The first-order valence-corrected chi connectivity index (χ1v) is 8.91. The Bertz CT molecular complexity index is 779. The summed E-state index contributed by atoms with van der Waals surface area (Å²) in [6.07, 6.45) is 3.18. The Hall–Kier alpha value is -1.70. The third-order valence-electron chi connectivity index (χ3n) is 3.77. The van der Waals surface area contributed by atoms with Gasteiger partial charge in [-0.05, 0) is 30.5 Å². The second kappa shape index (κ2) is 6.43. The Morgan fingerprint density at radius 3 is 2.65 bits per heavy atom. The van der Waals surface area contributed by atoms with E-state index in [-0.39, 0.29) is 17.4 Å². The number of aryl methyl sites for hydroxylation is 1.